The molecule has 0 rings (SSSR count). The summed E-state index contributed by atoms with van der Waals surface area (Å²) in [6.45, 7) is 0. The minimum Gasteiger partial charge on any atom is -0.759 e. The molecule has 0 aliphatic heterocycles. The third kappa shape index (κ3) is 301. The molecule has 0 N–H and O–H groups in total. The van der Waals surface area contributed by atoms with Gasteiger partial charge in [-0.15, -0.1) is 0 Å². The first kappa shape index (κ1) is 15.6. The molecule has 0 aromatic rings. The van der Waals surface area contributed by atoms with E-state index in [2.05, 4.69) is 0 Å². The van der Waals surface area contributed by atoms with Gasteiger partial charge >= 0.3 is 23.1 Å². The standard InChI is InChI=1S/BH3.Mg.H2O4S/c;;1-5(2,3)4/h1H3;;(H2,1,2,3,4)/q;+2;/p-2. The second kappa shape index (κ2) is 4.85. The average Bonchev–Trinajstić information content (AvgIpc) is 0.722. The molecule has 0 heterocycles. The fourth-order valence-corrected chi connectivity index (χ4v) is 0. The Labute approximate surface area is 59.6 Å². The molecule has 0 saturated carbocycles. The maximum atomic E-state index is 8.52. The van der Waals surface area contributed by atoms with Crippen LogP contribution in [0.25, 0.3) is 0 Å². The summed E-state index contributed by atoms with van der Waals surface area (Å²) in [4.78, 5) is 0. The molecule has 0 atom stereocenters. The number of hydrogen-bond acceptors (Lipinski definition) is 4. The van der Waals surface area contributed by atoms with Crippen LogP contribution in [-0.2, 0) is 10.4 Å². The first-order valence-electron chi connectivity index (χ1n) is 0.667. The van der Waals surface area contributed by atoms with Gasteiger partial charge < -0.3 is 9.11 Å². The molecule has 0 radical (unpaired) electrons. The predicted octanol–water partition coefficient (Wildman–Crippen LogP) is -2.90. The van der Waals surface area contributed by atoms with E-state index in [4.69, 9.17) is 17.5 Å². The van der Waals surface area contributed by atoms with Crippen LogP contribution < -0.4 is 0 Å². The van der Waals surface area contributed by atoms with Crippen molar-refractivity contribution in [1.29, 1.82) is 0 Å². The monoisotopic (exact) mass is 134 g/mol. The molecule has 7 heteroatoms. The summed E-state index contributed by atoms with van der Waals surface area (Å²) in [7, 11) is -5.17. The van der Waals surface area contributed by atoms with E-state index in [1.807, 2.05) is 0 Å². The van der Waals surface area contributed by atoms with Crippen LogP contribution in [0.1, 0.15) is 0 Å². The van der Waals surface area contributed by atoms with Gasteiger partial charge in [-0.2, -0.15) is 0 Å². The molecule has 0 fully saturated rings. The van der Waals surface area contributed by atoms with Crippen molar-refractivity contribution in [1.82, 2.24) is 0 Å². The third-order valence-corrected chi connectivity index (χ3v) is 0. The number of rotatable bonds is 0. The quantitative estimate of drug-likeness (QED) is 0.202. The summed E-state index contributed by atoms with van der Waals surface area (Å²) in [6.07, 6.45) is 0. The van der Waals surface area contributed by atoms with Crippen LogP contribution in [0.15, 0.2) is 0 Å². The summed E-state index contributed by atoms with van der Waals surface area (Å²) in [6, 6.07) is 0. The fraction of sp³-hybridized carbons (Fsp3) is 0. The van der Waals surface area contributed by atoms with Gasteiger partial charge in [0, 0.05) is 10.4 Å². The molecular weight excluding hydrogens is 131 g/mol. The first-order chi connectivity index (χ1) is 2.00. The van der Waals surface area contributed by atoms with Gasteiger partial charge in [0.05, 0.1) is 8.41 Å². The molecule has 0 bridgehead atoms. The van der Waals surface area contributed by atoms with Gasteiger partial charge in [0.15, 0.2) is 0 Å². The second-order valence-electron chi connectivity index (χ2n) is 0.408. The zero-order valence-corrected chi connectivity index (χ0v) is 4.98. The van der Waals surface area contributed by atoms with E-state index >= 15 is 0 Å². The van der Waals surface area contributed by atoms with Crippen molar-refractivity contribution in [3.05, 3.63) is 0 Å². The molecule has 0 amide bonds. The SMILES string of the molecule is B.O=S(=O)([O-])[O-].[Mg+2]. The molecule has 0 saturated heterocycles. The van der Waals surface area contributed by atoms with Gasteiger partial charge in [0.2, 0.25) is 0 Å². The van der Waals surface area contributed by atoms with Gasteiger partial charge in [-0.1, -0.05) is 0 Å². The molecular formula is H3BMgO4S. The molecule has 0 aliphatic rings. The minimum absolute atomic E-state index is 0. The van der Waals surface area contributed by atoms with E-state index in [0.717, 1.165) is 0 Å². The van der Waals surface area contributed by atoms with Crippen molar-refractivity contribution in [2.24, 2.45) is 0 Å². The Morgan fingerprint density at radius 1 is 1.14 bits per heavy atom. The van der Waals surface area contributed by atoms with E-state index in [-0.39, 0.29) is 31.5 Å². The van der Waals surface area contributed by atoms with Crippen LogP contribution in [0, 0.1) is 0 Å². The molecule has 0 unspecified atom stereocenters. The molecule has 0 aromatic carbocycles. The Balaban J connectivity index is -0.0000000800. The summed E-state index contributed by atoms with van der Waals surface area (Å²) in [5, 5.41) is 0. The molecule has 7 heavy (non-hydrogen) atoms. The van der Waals surface area contributed by atoms with Gasteiger partial charge in [-0.25, -0.2) is 0 Å². The molecule has 38 valence electrons. The minimum atomic E-state index is -5.17. The van der Waals surface area contributed by atoms with Crippen LogP contribution in [0.2, 0.25) is 0 Å². The van der Waals surface area contributed by atoms with Gasteiger partial charge in [-0.3, -0.25) is 8.42 Å². The predicted molar refractivity (Wildman–Crippen MR) is 26.2 cm³/mol. The van der Waals surface area contributed by atoms with E-state index < -0.39 is 10.4 Å². The summed E-state index contributed by atoms with van der Waals surface area (Å²) < 4.78 is 34.1. The summed E-state index contributed by atoms with van der Waals surface area (Å²) in [5.41, 5.74) is 0. The molecule has 0 spiro atoms. The van der Waals surface area contributed by atoms with Crippen LogP contribution >= 0.6 is 0 Å². The largest absolute Gasteiger partial charge is 2.00 e. The van der Waals surface area contributed by atoms with E-state index in [1.165, 1.54) is 0 Å². The smallest absolute Gasteiger partial charge is 0.759 e. The number of hydrogen-bond donors (Lipinski definition) is 0. The molecule has 0 aromatic heterocycles. The van der Waals surface area contributed by atoms with Crippen LogP contribution in [-0.4, -0.2) is 49.0 Å². The first-order valence-corrected chi connectivity index (χ1v) is 2.00. The van der Waals surface area contributed by atoms with E-state index in [0.29, 0.717) is 0 Å². The topological polar surface area (TPSA) is 80.3 Å². The Morgan fingerprint density at radius 3 is 1.14 bits per heavy atom. The Morgan fingerprint density at radius 2 is 1.14 bits per heavy atom. The second-order valence-corrected chi connectivity index (χ2v) is 1.22. The van der Waals surface area contributed by atoms with Crippen molar-refractivity contribution in [3.63, 3.8) is 0 Å². The van der Waals surface area contributed by atoms with Crippen molar-refractivity contribution in [3.8, 4) is 0 Å². The molecule has 4 nitrogen and oxygen atoms in total. The van der Waals surface area contributed by atoms with Crippen molar-refractivity contribution < 1.29 is 17.5 Å². The maximum Gasteiger partial charge on any atom is 2.00 e. The average molecular weight is 134 g/mol. The third-order valence-electron chi connectivity index (χ3n) is 0. The fourth-order valence-electron chi connectivity index (χ4n) is 0. The van der Waals surface area contributed by atoms with Crippen LogP contribution in [0.5, 0.6) is 0 Å². The maximum absolute atomic E-state index is 8.52. The van der Waals surface area contributed by atoms with E-state index in [9.17, 15) is 0 Å². The van der Waals surface area contributed by atoms with Crippen molar-refractivity contribution in [2.75, 3.05) is 0 Å². The van der Waals surface area contributed by atoms with Crippen molar-refractivity contribution in [2.45, 2.75) is 0 Å². The normalized spacial score (nSPS) is 8.29. The van der Waals surface area contributed by atoms with E-state index in [1.54, 1.807) is 0 Å². The Hall–Kier alpha value is 0.701. The van der Waals surface area contributed by atoms with Gasteiger partial charge in [0.1, 0.15) is 0 Å². The zero-order valence-electron chi connectivity index (χ0n) is 2.75. The van der Waals surface area contributed by atoms with Crippen LogP contribution in [0.4, 0.5) is 0 Å². The molecule has 0 aliphatic carbocycles. The summed E-state index contributed by atoms with van der Waals surface area (Å²) in [5.74, 6) is 0. The van der Waals surface area contributed by atoms with Crippen LogP contribution in [0.3, 0.4) is 0 Å². The zero-order chi connectivity index (χ0) is 4.50. The Kier molecular flexibility index (Phi) is 10.8. The van der Waals surface area contributed by atoms with Crippen molar-refractivity contribution >= 4 is 41.9 Å². The van der Waals surface area contributed by atoms with Gasteiger partial charge in [-0.05, 0) is 0 Å². The Bertz CT molecular complexity index is 94.9. The van der Waals surface area contributed by atoms with Gasteiger partial charge in [0.25, 0.3) is 0 Å². The summed E-state index contributed by atoms with van der Waals surface area (Å²) >= 11 is 0.